The average Bonchev–Trinajstić information content (AvgIpc) is 2.55. The summed E-state index contributed by atoms with van der Waals surface area (Å²) in [7, 11) is 0. The van der Waals surface area contributed by atoms with Gasteiger partial charge in [-0.25, -0.2) is 0 Å². The molecule has 0 heterocycles. The number of unbranched alkanes of at least 4 members (excludes halogenated alkanes) is 1. The third kappa shape index (κ3) is 5.31. The van der Waals surface area contributed by atoms with Gasteiger partial charge in [-0.15, -0.1) is 24.0 Å². The highest BCUT2D eigenvalue weighted by atomic mass is 35.5. The zero-order valence-electron chi connectivity index (χ0n) is 13.1. The van der Waals surface area contributed by atoms with Crippen LogP contribution in [0.1, 0.15) is 36.9 Å². The van der Waals surface area contributed by atoms with Crippen molar-refractivity contribution in [3.8, 4) is 0 Å². The number of rotatable bonds is 8. The lowest BCUT2D eigenvalue weighted by molar-refractivity contribution is 0.235. The maximum absolute atomic E-state index is 6.05. The summed E-state index contributed by atoms with van der Waals surface area (Å²) in [4.78, 5) is 2.50. The van der Waals surface area contributed by atoms with Crippen LogP contribution < -0.4 is 0 Å². The predicted octanol–water partition coefficient (Wildman–Crippen LogP) is 5.54. The van der Waals surface area contributed by atoms with Gasteiger partial charge in [0.2, 0.25) is 0 Å². The van der Waals surface area contributed by atoms with Crippen molar-refractivity contribution in [3.05, 3.63) is 71.8 Å². The van der Waals surface area contributed by atoms with Crippen LogP contribution in [0.25, 0.3) is 0 Å². The van der Waals surface area contributed by atoms with E-state index in [-0.39, 0.29) is 18.4 Å². The van der Waals surface area contributed by atoms with Crippen LogP contribution in [0.5, 0.6) is 0 Å². The molecule has 2 rings (SSSR count). The fraction of sp³-hybridized carbons (Fsp3) is 0.368. The van der Waals surface area contributed by atoms with E-state index in [9.17, 15) is 0 Å². The summed E-state index contributed by atoms with van der Waals surface area (Å²) >= 11 is 6.05. The average molecular weight is 338 g/mol. The molecule has 1 nitrogen and oxygen atoms in total. The van der Waals surface area contributed by atoms with E-state index < -0.39 is 0 Å². The molecule has 0 radical (unpaired) electrons. The number of hydrogen-bond acceptors (Lipinski definition) is 1. The molecule has 0 fully saturated rings. The Balaban J connectivity index is 0.00000242. The summed E-state index contributed by atoms with van der Waals surface area (Å²) < 4.78 is 0. The number of hydrogen-bond donors (Lipinski definition) is 0. The molecule has 0 amide bonds. The molecular formula is C19H25Cl2N. The van der Waals surface area contributed by atoms with Crippen molar-refractivity contribution >= 4 is 24.0 Å². The van der Waals surface area contributed by atoms with Gasteiger partial charge in [0.25, 0.3) is 0 Å². The molecule has 0 N–H and O–H groups in total. The van der Waals surface area contributed by atoms with Crippen molar-refractivity contribution in [3.63, 3.8) is 0 Å². The Kier molecular flexibility index (Phi) is 9.22. The third-order valence-electron chi connectivity index (χ3n) is 3.77. The Morgan fingerprint density at radius 2 is 1.36 bits per heavy atom. The lowest BCUT2D eigenvalue weighted by Crippen LogP contribution is -2.32. The topological polar surface area (TPSA) is 3.24 Å². The van der Waals surface area contributed by atoms with Crippen molar-refractivity contribution in [1.29, 1.82) is 0 Å². The van der Waals surface area contributed by atoms with Crippen molar-refractivity contribution < 1.29 is 0 Å². The Hall–Kier alpha value is -1.02. The van der Waals surface area contributed by atoms with Crippen molar-refractivity contribution in [2.75, 3.05) is 19.0 Å². The molecule has 0 bridgehead atoms. The van der Waals surface area contributed by atoms with E-state index in [0.29, 0.717) is 5.88 Å². The first-order valence-electron chi connectivity index (χ1n) is 7.76. The summed E-state index contributed by atoms with van der Waals surface area (Å²) in [6.07, 6.45) is 2.40. The molecular weight excluding hydrogens is 313 g/mol. The largest absolute Gasteiger partial charge is 0.291 e. The number of halogens is 2. The molecule has 22 heavy (non-hydrogen) atoms. The predicted molar refractivity (Wildman–Crippen MR) is 99.2 cm³/mol. The Morgan fingerprint density at radius 1 is 0.864 bits per heavy atom. The van der Waals surface area contributed by atoms with Gasteiger partial charge in [-0.05, 0) is 24.1 Å². The SMILES string of the molecule is CCCCN(CCCl)C(c1ccccc1)c1ccccc1.Cl. The van der Waals surface area contributed by atoms with E-state index in [4.69, 9.17) is 11.6 Å². The Labute approximate surface area is 145 Å². The zero-order chi connectivity index (χ0) is 14.9. The Bertz CT molecular complexity index is 462. The van der Waals surface area contributed by atoms with Gasteiger partial charge < -0.3 is 0 Å². The van der Waals surface area contributed by atoms with Gasteiger partial charge in [-0.2, -0.15) is 0 Å². The number of alkyl halides is 1. The van der Waals surface area contributed by atoms with Gasteiger partial charge in [0, 0.05) is 12.4 Å². The zero-order valence-corrected chi connectivity index (χ0v) is 14.7. The van der Waals surface area contributed by atoms with Crippen LogP contribution in [0.4, 0.5) is 0 Å². The minimum absolute atomic E-state index is 0. The summed E-state index contributed by atoms with van der Waals surface area (Å²) in [6.45, 7) is 4.23. The Morgan fingerprint density at radius 3 is 1.77 bits per heavy atom. The second-order valence-electron chi connectivity index (χ2n) is 5.30. The maximum atomic E-state index is 6.05. The van der Waals surface area contributed by atoms with Crippen LogP contribution in [0.3, 0.4) is 0 Å². The molecule has 2 aromatic carbocycles. The van der Waals surface area contributed by atoms with Crippen molar-refractivity contribution in [2.45, 2.75) is 25.8 Å². The highest BCUT2D eigenvalue weighted by Gasteiger charge is 2.21. The lowest BCUT2D eigenvalue weighted by Gasteiger charge is -2.32. The van der Waals surface area contributed by atoms with Crippen LogP contribution in [0, 0.1) is 0 Å². The van der Waals surface area contributed by atoms with Crippen LogP contribution in [-0.2, 0) is 0 Å². The van der Waals surface area contributed by atoms with Gasteiger partial charge >= 0.3 is 0 Å². The van der Waals surface area contributed by atoms with E-state index in [2.05, 4.69) is 72.5 Å². The van der Waals surface area contributed by atoms with Gasteiger partial charge in [0.15, 0.2) is 0 Å². The van der Waals surface area contributed by atoms with Gasteiger partial charge in [0.1, 0.15) is 0 Å². The first-order chi connectivity index (χ1) is 10.4. The molecule has 0 saturated heterocycles. The molecule has 3 heteroatoms. The second-order valence-corrected chi connectivity index (χ2v) is 5.68. The van der Waals surface area contributed by atoms with Gasteiger partial charge in [0.05, 0.1) is 6.04 Å². The van der Waals surface area contributed by atoms with E-state index in [0.717, 1.165) is 13.1 Å². The lowest BCUT2D eigenvalue weighted by atomic mass is 9.97. The smallest absolute Gasteiger partial charge is 0.0602 e. The molecule has 0 aliphatic carbocycles. The standard InChI is InChI=1S/C19H24ClN.ClH/c1-2-3-15-21(16-14-20)19(17-10-6-4-7-11-17)18-12-8-5-9-13-18;/h4-13,19H,2-3,14-16H2,1H3;1H. The summed E-state index contributed by atoms with van der Waals surface area (Å²) in [5.74, 6) is 0.667. The highest BCUT2D eigenvalue weighted by Crippen LogP contribution is 2.28. The third-order valence-corrected chi connectivity index (χ3v) is 3.94. The normalized spacial score (nSPS) is 10.7. The van der Waals surface area contributed by atoms with Crippen LogP contribution in [0.15, 0.2) is 60.7 Å². The fourth-order valence-corrected chi connectivity index (χ4v) is 2.94. The molecule has 0 atom stereocenters. The summed E-state index contributed by atoms with van der Waals surface area (Å²) in [6, 6.07) is 21.7. The molecule has 0 unspecified atom stereocenters. The molecule has 0 aliphatic heterocycles. The van der Waals surface area contributed by atoms with Crippen molar-refractivity contribution in [1.82, 2.24) is 4.90 Å². The number of benzene rings is 2. The minimum atomic E-state index is 0. The highest BCUT2D eigenvalue weighted by molar-refractivity contribution is 6.18. The first kappa shape index (κ1) is 19.0. The monoisotopic (exact) mass is 337 g/mol. The van der Waals surface area contributed by atoms with Crippen LogP contribution in [-0.4, -0.2) is 23.9 Å². The minimum Gasteiger partial charge on any atom is -0.291 e. The number of nitrogens with zero attached hydrogens (tertiary/aromatic N) is 1. The molecule has 0 aliphatic rings. The van der Waals surface area contributed by atoms with E-state index in [1.165, 1.54) is 24.0 Å². The molecule has 0 saturated carbocycles. The molecule has 120 valence electrons. The quantitative estimate of drug-likeness (QED) is 0.571. The first-order valence-corrected chi connectivity index (χ1v) is 8.30. The van der Waals surface area contributed by atoms with Crippen LogP contribution >= 0.6 is 24.0 Å². The second kappa shape index (κ2) is 10.7. The summed E-state index contributed by atoms with van der Waals surface area (Å²) in [5, 5.41) is 0. The van der Waals surface area contributed by atoms with E-state index in [1.54, 1.807) is 0 Å². The molecule has 0 aromatic heterocycles. The molecule has 2 aromatic rings. The van der Waals surface area contributed by atoms with Crippen LogP contribution in [0.2, 0.25) is 0 Å². The molecule has 0 spiro atoms. The van der Waals surface area contributed by atoms with Gasteiger partial charge in [-0.1, -0.05) is 74.0 Å². The fourth-order valence-electron chi connectivity index (χ4n) is 2.72. The maximum Gasteiger partial charge on any atom is 0.0602 e. The van der Waals surface area contributed by atoms with E-state index >= 15 is 0 Å². The van der Waals surface area contributed by atoms with Crippen molar-refractivity contribution in [2.24, 2.45) is 0 Å². The summed E-state index contributed by atoms with van der Waals surface area (Å²) in [5.41, 5.74) is 2.68. The van der Waals surface area contributed by atoms with Gasteiger partial charge in [-0.3, -0.25) is 4.90 Å². The van der Waals surface area contributed by atoms with E-state index in [1.807, 2.05) is 0 Å².